The summed E-state index contributed by atoms with van der Waals surface area (Å²) >= 11 is 3.40. The fourth-order valence-electron chi connectivity index (χ4n) is 1.69. The molecule has 0 aliphatic rings. The first-order chi connectivity index (χ1) is 8.42. The van der Waals surface area contributed by atoms with Gasteiger partial charge in [-0.15, -0.1) is 12.4 Å². The van der Waals surface area contributed by atoms with Gasteiger partial charge in [0.1, 0.15) is 16.0 Å². The highest BCUT2D eigenvalue weighted by Gasteiger charge is 2.22. The molecule has 110 valence electrons. The van der Waals surface area contributed by atoms with Gasteiger partial charge in [0.05, 0.1) is 26.4 Å². The zero-order valence-corrected chi connectivity index (χ0v) is 13.9. The average molecular weight is 355 g/mol. The average Bonchev–Trinajstić information content (AvgIpc) is 2.37. The first-order valence-electron chi connectivity index (χ1n) is 5.77. The van der Waals surface area contributed by atoms with Gasteiger partial charge in [0.2, 0.25) is 0 Å². The Morgan fingerprint density at radius 2 is 1.58 bits per heavy atom. The molecule has 0 heterocycles. The van der Waals surface area contributed by atoms with Crippen molar-refractivity contribution in [1.82, 2.24) is 0 Å². The van der Waals surface area contributed by atoms with Crippen LogP contribution in [0.2, 0.25) is 0 Å². The smallest absolute Gasteiger partial charge is 0.137 e. The number of ether oxygens (including phenoxy) is 2. The first-order valence-corrected chi connectivity index (χ1v) is 6.56. The molecule has 0 spiro atoms. The molecule has 0 aromatic heterocycles. The quantitative estimate of drug-likeness (QED) is 0.853. The molecule has 0 amide bonds. The molecular formula is C13H21BrClNO3. The van der Waals surface area contributed by atoms with Gasteiger partial charge in [-0.2, -0.15) is 0 Å². The summed E-state index contributed by atoms with van der Waals surface area (Å²) in [6.45, 7) is 3.86. The molecule has 0 unspecified atom stereocenters. The van der Waals surface area contributed by atoms with Crippen molar-refractivity contribution in [2.75, 3.05) is 14.2 Å². The Labute approximate surface area is 128 Å². The maximum atomic E-state index is 10.0. The minimum Gasteiger partial charge on any atom is -0.495 e. The number of methoxy groups -OCH3 is 2. The normalized spacial score (nSPS) is 13.7. The standard InChI is InChI=1S/C13H20BrNO3.ClH/c1-7(2)13(16)12(15)8-5-9(17-3)11(14)10(6-8)18-4;/h5-7,12-13,16H,15H2,1-4H3;1H/t12-,13+;/m0./s1. The largest absolute Gasteiger partial charge is 0.495 e. The summed E-state index contributed by atoms with van der Waals surface area (Å²) in [5, 5.41) is 10.0. The van der Waals surface area contributed by atoms with Crippen LogP contribution in [-0.4, -0.2) is 25.4 Å². The van der Waals surface area contributed by atoms with Gasteiger partial charge in [-0.3, -0.25) is 0 Å². The van der Waals surface area contributed by atoms with Crippen molar-refractivity contribution in [3.63, 3.8) is 0 Å². The summed E-state index contributed by atoms with van der Waals surface area (Å²) in [6.07, 6.45) is -0.611. The Hall–Kier alpha value is -0.490. The number of hydrogen-bond donors (Lipinski definition) is 2. The van der Waals surface area contributed by atoms with Crippen LogP contribution in [0.25, 0.3) is 0 Å². The minimum absolute atomic E-state index is 0. The molecule has 1 rings (SSSR count). The molecule has 1 aromatic carbocycles. The van der Waals surface area contributed by atoms with Crippen molar-refractivity contribution in [2.45, 2.75) is 26.0 Å². The molecule has 0 fully saturated rings. The molecule has 0 saturated carbocycles. The van der Waals surface area contributed by atoms with Crippen LogP contribution in [-0.2, 0) is 0 Å². The zero-order chi connectivity index (χ0) is 13.9. The Morgan fingerprint density at radius 1 is 1.16 bits per heavy atom. The Balaban J connectivity index is 0.00000324. The second kappa shape index (κ2) is 7.94. The third-order valence-electron chi connectivity index (χ3n) is 2.90. The van der Waals surface area contributed by atoms with Gasteiger partial charge in [0.15, 0.2) is 0 Å². The Bertz CT molecular complexity index is 390. The molecule has 19 heavy (non-hydrogen) atoms. The summed E-state index contributed by atoms with van der Waals surface area (Å²) in [5.41, 5.74) is 6.85. The monoisotopic (exact) mass is 353 g/mol. The van der Waals surface area contributed by atoms with E-state index in [1.165, 1.54) is 0 Å². The lowest BCUT2D eigenvalue weighted by molar-refractivity contribution is 0.0978. The van der Waals surface area contributed by atoms with Crippen molar-refractivity contribution < 1.29 is 14.6 Å². The molecule has 2 atom stereocenters. The SMILES string of the molecule is COc1cc([C@H](N)[C@H](O)C(C)C)cc(OC)c1Br.Cl. The van der Waals surface area contributed by atoms with Crippen molar-refractivity contribution in [3.8, 4) is 11.5 Å². The predicted octanol–water partition coefficient (Wildman–Crippen LogP) is 2.90. The number of halogens is 2. The van der Waals surface area contributed by atoms with Crippen molar-refractivity contribution in [2.24, 2.45) is 11.7 Å². The Kier molecular flexibility index (Phi) is 7.74. The number of rotatable bonds is 5. The minimum atomic E-state index is -0.611. The van der Waals surface area contributed by atoms with Crippen molar-refractivity contribution in [3.05, 3.63) is 22.2 Å². The molecule has 0 radical (unpaired) electrons. The van der Waals surface area contributed by atoms with E-state index < -0.39 is 12.1 Å². The van der Waals surface area contributed by atoms with Gasteiger partial charge < -0.3 is 20.3 Å². The van der Waals surface area contributed by atoms with Gasteiger partial charge >= 0.3 is 0 Å². The molecule has 0 aliphatic carbocycles. The van der Waals surface area contributed by atoms with Gasteiger partial charge in [-0.25, -0.2) is 0 Å². The molecule has 3 N–H and O–H groups in total. The van der Waals surface area contributed by atoms with E-state index in [1.807, 2.05) is 26.0 Å². The van der Waals surface area contributed by atoms with Crippen LogP contribution in [0.1, 0.15) is 25.5 Å². The molecule has 0 aliphatic heterocycles. The van der Waals surface area contributed by atoms with E-state index in [-0.39, 0.29) is 18.3 Å². The van der Waals surface area contributed by atoms with Gasteiger partial charge in [-0.1, -0.05) is 13.8 Å². The highest BCUT2D eigenvalue weighted by Crippen LogP contribution is 2.37. The fraction of sp³-hybridized carbons (Fsp3) is 0.538. The highest BCUT2D eigenvalue weighted by atomic mass is 79.9. The van der Waals surface area contributed by atoms with Crippen LogP contribution >= 0.6 is 28.3 Å². The fourth-order valence-corrected chi connectivity index (χ4v) is 2.25. The van der Waals surface area contributed by atoms with Crippen LogP contribution in [0, 0.1) is 5.92 Å². The highest BCUT2D eigenvalue weighted by molar-refractivity contribution is 9.10. The van der Waals surface area contributed by atoms with Crippen molar-refractivity contribution in [1.29, 1.82) is 0 Å². The Morgan fingerprint density at radius 3 is 1.89 bits per heavy atom. The van der Waals surface area contributed by atoms with Gasteiger partial charge in [-0.05, 0) is 39.5 Å². The van der Waals surface area contributed by atoms with E-state index in [0.717, 1.165) is 10.0 Å². The summed E-state index contributed by atoms with van der Waals surface area (Å²) in [6, 6.07) is 3.15. The molecule has 1 aromatic rings. The lowest BCUT2D eigenvalue weighted by atomic mass is 9.94. The van der Waals surface area contributed by atoms with Crippen LogP contribution in [0.3, 0.4) is 0 Å². The number of nitrogens with two attached hydrogens (primary N) is 1. The first kappa shape index (κ1) is 18.5. The number of benzene rings is 1. The summed E-state index contributed by atoms with van der Waals surface area (Å²) < 4.78 is 11.2. The molecular weight excluding hydrogens is 334 g/mol. The maximum Gasteiger partial charge on any atom is 0.137 e. The molecule has 0 bridgehead atoms. The van der Waals surface area contributed by atoms with Crippen LogP contribution < -0.4 is 15.2 Å². The topological polar surface area (TPSA) is 64.7 Å². The van der Waals surface area contributed by atoms with Gasteiger partial charge in [0, 0.05) is 0 Å². The molecule has 0 saturated heterocycles. The van der Waals surface area contributed by atoms with E-state index in [1.54, 1.807) is 14.2 Å². The summed E-state index contributed by atoms with van der Waals surface area (Å²) in [7, 11) is 3.15. The lowest BCUT2D eigenvalue weighted by Crippen LogP contribution is -2.30. The number of aliphatic hydroxyl groups excluding tert-OH is 1. The van der Waals surface area contributed by atoms with E-state index in [4.69, 9.17) is 15.2 Å². The third-order valence-corrected chi connectivity index (χ3v) is 3.69. The van der Waals surface area contributed by atoms with E-state index in [0.29, 0.717) is 11.5 Å². The van der Waals surface area contributed by atoms with E-state index in [9.17, 15) is 5.11 Å². The third kappa shape index (κ3) is 4.24. The predicted molar refractivity (Wildman–Crippen MR) is 82.3 cm³/mol. The zero-order valence-electron chi connectivity index (χ0n) is 11.5. The van der Waals surface area contributed by atoms with Crippen molar-refractivity contribution >= 4 is 28.3 Å². The second-order valence-corrected chi connectivity index (χ2v) is 5.29. The van der Waals surface area contributed by atoms with Crippen LogP contribution in [0.4, 0.5) is 0 Å². The lowest BCUT2D eigenvalue weighted by Gasteiger charge is -2.23. The van der Waals surface area contributed by atoms with Gasteiger partial charge in [0.25, 0.3) is 0 Å². The second-order valence-electron chi connectivity index (χ2n) is 4.50. The molecule has 4 nitrogen and oxygen atoms in total. The molecule has 6 heteroatoms. The number of aliphatic hydroxyl groups is 1. The van der Waals surface area contributed by atoms with E-state index >= 15 is 0 Å². The van der Waals surface area contributed by atoms with E-state index in [2.05, 4.69) is 15.9 Å². The maximum absolute atomic E-state index is 10.0. The van der Waals surface area contributed by atoms with Crippen LogP contribution in [0.15, 0.2) is 16.6 Å². The number of hydrogen-bond acceptors (Lipinski definition) is 4. The van der Waals surface area contributed by atoms with Crippen LogP contribution in [0.5, 0.6) is 11.5 Å². The summed E-state index contributed by atoms with van der Waals surface area (Å²) in [5.74, 6) is 1.35. The summed E-state index contributed by atoms with van der Waals surface area (Å²) in [4.78, 5) is 0.